The van der Waals surface area contributed by atoms with E-state index < -0.39 is 0 Å². The van der Waals surface area contributed by atoms with E-state index in [2.05, 4.69) is 15.4 Å². The zero-order valence-electron chi connectivity index (χ0n) is 15.6. The molecule has 0 fully saturated rings. The molecule has 29 heavy (non-hydrogen) atoms. The van der Waals surface area contributed by atoms with Gasteiger partial charge in [0.2, 0.25) is 5.91 Å². The van der Waals surface area contributed by atoms with Crippen LogP contribution in [0.1, 0.15) is 5.56 Å². The number of nitrogens with zero attached hydrogens (tertiary/aromatic N) is 2. The average Bonchev–Trinajstić information content (AvgIpc) is 3.13. The third-order valence-corrected chi connectivity index (χ3v) is 4.68. The van der Waals surface area contributed by atoms with Crippen LogP contribution in [0.4, 0.5) is 4.39 Å². The van der Waals surface area contributed by atoms with E-state index in [1.165, 1.54) is 22.9 Å². The van der Waals surface area contributed by atoms with Gasteiger partial charge in [-0.05, 0) is 42.0 Å². The molecular weight excluding hydrogens is 371 g/mol. The number of benzene rings is 2. The highest BCUT2D eigenvalue weighted by molar-refractivity contribution is 5.88. The zero-order chi connectivity index (χ0) is 20.2. The Morgan fingerprint density at radius 1 is 1.07 bits per heavy atom. The summed E-state index contributed by atoms with van der Waals surface area (Å²) in [5, 5.41) is 8.16. The number of carbonyl (C=O) groups is 1. The van der Waals surface area contributed by atoms with Crippen molar-refractivity contribution in [3.63, 3.8) is 0 Å². The van der Waals surface area contributed by atoms with Crippen molar-refractivity contribution in [1.82, 2.24) is 20.1 Å². The highest BCUT2D eigenvalue weighted by Gasteiger charge is 2.09. The van der Waals surface area contributed by atoms with Gasteiger partial charge in [0.05, 0.1) is 18.7 Å². The maximum atomic E-state index is 13.1. The molecule has 2 aromatic carbocycles. The predicted molar refractivity (Wildman–Crippen MR) is 109 cm³/mol. The number of para-hydroxylation sites is 1. The molecule has 0 aliphatic rings. The fourth-order valence-corrected chi connectivity index (χ4v) is 3.20. The van der Waals surface area contributed by atoms with Crippen molar-refractivity contribution in [3.05, 3.63) is 88.6 Å². The molecule has 0 bridgehead atoms. The van der Waals surface area contributed by atoms with Crippen LogP contribution in [0.15, 0.2) is 71.7 Å². The van der Waals surface area contributed by atoms with Crippen LogP contribution in [0.3, 0.4) is 0 Å². The van der Waals surface area contributed by atoms with E-state index in [4.69, 9.17) is 0 Å². The minimum atomic E-state index is -0.333. The fourth-order valence-electron chi connectivity index (χ4n) is 3.20. The number of aromatic amines is 1. The second-order valence-electron chi connectivity index (χ2n) is 6.67. The van der Waals surface area contributed by atoms with Gasteiger partial charge in [-0.1, -0.05) is 18.2 Å². The number of rotatable bonds is 6. The summed E-state index contributed by atoms with van der Waals surface area (Å²) in [7, 11) is 0. The zero-order valence-corrected chi connectivity index (χ0v) is 15.6. The molecule has 7 heteroatoms. The Labute approximate surface area is 166 Å². The van der Waals surface area contributed by atoms with Crippen LogP contribution in [-0.2, 0) is 17.8 Å². The van der Waals surface area contributed by atoms with Crippen molar-refractivity contribution in [2.24, 2.45) is 0 Å². The summed E-state index contributed by atoms with van der Waals surface area (Å²) in [6.07, 6.45) is 2.09. The SMILES string of the molecule is O=C(Cc1c[nH]c2ccccc12)NCCn1nc(-c2ccc(F)cc2)ccc1=O. The Bertz CT molecular complexity index is 1210. The lowest BCUT2D eigenvalue weighted by Crippen LogP contribution is -2.32. The van der Waals surface area contributed by atoms with E-state index in [1.54, 1.807) is 18.2 Å². The molecule has 0 aliphatic carbocycles. The maximum Gasteiger partial charge on any atom is 0.266 e. The monoisotopic (exact) mass is 390 g/mol. The summed E-state index contributed by atoms with van der Waals surface area (Å²) >= 11 is 0. The Hall–Kier alpha value is -3.74. The van der Waals surface area contributed by atoms with Gasteiger partial charge in [-0.25, -0.2) is 9.07 Å². The molecule has 2 N–H and O–H groups in total. The van der Waals surface area contributed by atoms with Gasteiger partial charge < -0.3 is 10.3 Å². The first kappa shape index (κ1) is 18.6. The van der Waals surface area contributed by atoms with Gasteiger partial charge >= 0.3 is 0 Å². The molecule has 0 aliphatic heterocycles. The number of amides is 1. The fraction of sp³-hybridized carbons (Fsp3) is 0.136. The predicted octanol–water partition coefficient (Wildman–Crippen LogP) is 2.89. The molecule has 146 valence electrons. The van der Waals surface area contributed by atoms with E-state index in [-0.39, 0.29) is 36.8 Å². The van der Waals surface area contributed by atoms with E-state index in [1.807, 2.05) is 30.5 Å². The minimum absolute atomic E-state index is 0.127. The molecule has 4 aromatic rings. The standard InChI is InChI=1S/C22H19FN4O2/c23-17-7-5-15(6-8-17)19-9-10-22(29)27(26-19)12-11-24-21(28)13-16-14-25-20-4-2-1-3-18(16)20/h1-10,14,25H,11-13H2,(H,24,28). The van der Waals surface area contributed by atoms with Gasteiger partial charge in [-0.15, -0.1) is 0 Å². The first-order chi connectivity index (χ1) is 14.1. The molecule has 4 rings (SSSR count). The van der Waals surface area contributed by atoms with Crippen LogP contribution in [-0.4, -0.2) is 27.2 Å². The second kappa shape index (κ2) is 8.10. The van der Waals surface area contributed by atoms with Crippen LogP contribution in [0, 0.1) is 5.82 Å². The molecule has 0 saturated heterocycles. The number of hydrogen-bond acceptors (Lipinski definition) is 3. The molecule has 0 atom stereocenters. The number of aromatic nitrogens is 3. The smallest absolute Gasteiger partial charge is 0.266 e. The Kier molecular flexibility index (Phi) is 5.20. The topological polar surface area (TPSA) is 79.8 Å². The minimum Gasteiger partial charge on any atom is -0.361 e. The third kappa shape index (κ3) is 4.24. The van der Waals surface area contributed by atoms with Gasteiger partial charge in [-0.2, -0.15) is 5.10 Å². The molecule has 0 spiro atoms. The van der Waals surface area contributed by atoms with Crippen LogP contribution >= 0.6 is 0 Å². The van der Waals surface area contributed by atoms with E-state index in [9.17, 15) is 14.0 Å². The lowest BCUT2D eigenvalue weighted by molar-refractivity contribution is -0.120. The highest BCUT2D eigenvalue weighted by Crippen LogP contribution is 2.18. The normalized spacial score (nSPS) is 10.9. The number of carbonyl (C=O) groups excluding carboxylic acids is 1. The molecule has 1 amide bonds. The molecule has 2 aromatic heterocycles. The number of halogens is 1. The molecular formula is C22H19FN4O2. The lowest BCUT2D eigenvalue weighted by atomic mass is 10.1. The summed E-state index contributed by atoms with van der Waals surface area (Å²) in [6.45, 7) is 0.522. The summed E-state index contributed by atoms with van der Waals surface area (Å²) in [6, 6.07) is 16.7. The van der Waals surface area contributed by atoms with E-state index in [0.29, 0.717) is 11.3 Å². The van der Waals surface area contributed by atoms with Crippen molar-refractivity contribution in [3.8, 4) is 11.3 Å². The van der Waals surface area contributed by atoms with Crippen molar-refractivity contribution in [1.29, 1.82) is 0 Å². The number of fused-ring (bicyclic) bond motifs is 1. The van der Waals surface area contributed by atoms with Gasteiger partial charge in [0.25, 0.3) is 5.56 Å². The van der Waals surface area contributed by atoms with Crippen molar-refractivity contribution in [2.75, 3.05) is 6.54 Å². The van der Waals surface area contributed by atoms with E-state index >= 15 is 0 Å². The van der Waals surface area contributed by atoms with Crippen molar-refractivity contribution in [2.45, 2.75) is 13.0 Å². The Balaban J connectivity index is 1.38. The van der Waals surface area contributed by atoms with Crippen LogP contribution in [0.25, 0.3) is 22.2 Å². The molecule has 2 heterocycles. The number of H-pyrrole nitrogens is 1. The first-order valence-corrected chi connectivity index (χ1v) is 9.26. The van der Waals surface area contributed by atoms with Crippen molar-refractivity contribution < 1.29 is 9.18 Å². The summed E-state index contributed by atoms with van der Waals surface area (Å²) in [5.41, 5.74) is 2.93. The Morgan fingerprint density at radius 3 is 2.69 bits per heavy atom. The first-order valence-electron chi connectivity index (χ1n) is 9.26. The van der Waals surface area contributed by atoms with Gasteiger partial charge in [0, 0.05) is 35.3 Å². The second-order valence-corrected chi connectivity index (χ2v) is 6.67. The molecule has 0 unspecified atom stereocenters. The number of hydrogen-bond donors (Lipinski definition) is 2. The van der Waals surface area contributed by atoms with Crippen LogP contribution in [0.2, 0.25) is 0 Å². The van der Waals surface area contributed by atoms with Gasteiger partial charge in [0.15, 0.2) is 0 Å². The summed E-state index contributed by atoms with van der Waals surface area (Å²) in [5.74, 6) is -0.461. The molecule has 0 radical (unpaired) electrons. The Morgan fingerprint density at radius 2 is 1.86 bits per heavy atom. The van der Waals surface area contributed by atoms with Gasteiger partial charge in [-0.3, -0.25) is 9.59 Å². The highest BCUT2D eigenvalue weighted by atomic mass is 19.1. The third-order valence-electron chi connectivity index (χ3n) is 4.68. The van der Waals surface area contributed by atoms with E-state index in [0.717, 1.165) is 16.5 Å². The van der Waals surface area contributed by atoms with Gasteiger partial charge in [0.1, 0.15) is 5.82 Å². The molecule has 0 saturated carbocycles. The average molecular weight is 390 g/mol. The number of nitrogens with one attached hydrogen (secondary N) is 2. The summed E-state index contributed by atoms with van der Waals surface area (Å²) in [4.78, 5) is 27.5. The quantitative estimate of drug-likeness (QED) is 0.531. The van der Waals surface area contributed by atoms with Crippen LogP contribution < -0.4 is 10.9 Å². The van der Waals surface area contributed by atoms with Crippen molar-refractivity contribution >= 4 is 16.8 Å². The van der Waals surface area contributed by atoms with Crippen LogP contribution in [0.5, 0.6) is 0 Å². The molecule has 6 nitrogen and oxygen atoms in total. The maximum absolute atomic E-state index is 13.1. The largest absolute Gasteiger partial charge is 0.361 e. The summed E-state index contributed by atoms with van der Waals surface area (Å²) < 4.78 is 14.4. The lowest BCUT2D eigenvalue weighted by Gasteiger charge is -2.08.